The van der Waals surface area contributed by atoms with Gasteiger partial charge >= 0.3 is 0 Å². The summed E-state index contributed by atoms with van der Waals surface area (Å²) in [5, 5.41) is 0. The lowest BCUT2D eigenvalue weighted by atomic mass is 10.1. The van der Waals surface area contributed by atoms with E-state index in [0.717, 1.165) is 23.3 Å². The van der Waals surface area contributed by atoms with E-state index in [9.17, 15) is 4.79 Å². The smallest absolute Gasteiger partial charge is 0.260 e. The summed E-state index contributed by atoms with van der Waals surface area (Å²) in [6.07, 6.45) is 0.811. The van der Waals surface area contributed by atoms with Crippen LogP contribution in [0.4, 0.5) is 0 Å². The van der Waals surface area contributed by atoms with Crippen molar-refractivity contribution in [3.05, 3.63) is 29.3 Å². The van der Waals surface area contributed by atoms with Crippen molar-refractivity contribution in [2.75, 3.05) is 26.7 Å². The zero-order valence-corrected chi connectivity index (χ0v) is 11.4. The van der Waals surface area contributed by atoms with E-state index in [-0.39, 0.29) is 12.5 Å². The van der Waals surface area contributed by atoms with Gasteiger partial charge in [0.05, 0.1) is 0 Å². The number of nitrogens with two attached hydrogens (primary N) is 1. The standard InChI is InChI=1S/C14H22N2O2/c1-11-5-6-12(2)13(9-11)18-10-14(17)16(3)8-4-7-15/h5-6,9H,4,7-8,10,15H2,1-3H3. The summed E-state index contributed by atoms with van der Waals surface area (Å²) in [5.41, 5.74) is 7.57. The molecular weight excluding hydrogens is 228 g/mol. The van der Waals surface area contributed by atoms with Crippen molar-refractivity contribution < 1.29 is 9.53 Å². The first kappa shape index (κ1) is 14.5. The van der Waals surface area contributed by atoms with Crippen molar-refractivity contribution in [2.24, 2.45) is 5.73 Å². The molecule has 1 amide bonds. The minimum atomic E-state index is -0.0237. The molecular formula is C14H22N2O2. The van der Waals surface area contributed by atoms with E-state index in [1.165, 1.54) is 0 Å². The molecule has 0 aliphatic carbocycles. The fourth-order valence-corrected chi connectivity index (χ4v) is 1.57. The molecule has 2 N–H and O–H groups in total. The molecule has 0 fully saturated rings. The Kier molecular flexibility index (Phi) is 5.65. The average Bonchev–Trinajstić information content (AvgIpc) is 2.36. The van der Waals surface area contributed by atoms with Crippen LogP contribution in [0.1, 0.15) is 17.5 Å². The number of carbonyl (C=O) groups excluding carboxylic acids is 1. The molecule has 0 saturated carbocycles. The van der Waals surface area contributed by atoms with Crippen LogP contribution in [0.25, 0.3) is 0 Å². The number of hydrogen-bond acceptors (Lipinski definition) is 3. The second-order valence-electron chi connectivity index (χ2n) is 4.52. The first-order valence-electron chi connectivity index (χ1n) is 6.18. The lowest BCUT2D eigenvalue weighted by Crippen LogP contribution is -2.33. The van der Waals surface area contributed by atoms with Crippen molar-refractivity contribution in [1.29, 1.82) is 0 Å². The third kappa shape index (κ3) is 4.37. The molecule has 18 heavy (non-hydrogen) atoms. The van der Waals surface area contributed by atoms with E-state index in [4.69, 9.17) is 10.5 Å². The van der Waals surface area contributed by atoms with Gasteiger partial charge in [-0.15, -0.1) is 0 Å². The molecule has 1 rings (SSSR count). The van der Waals surface area contributed by atoms with Crippen LogP contribution in [0.2, 0.25) is 0 Å². The first-order chi connectivity index (χ1) is 8.54. The van der Waals surface area contributed by atoms with Gasteiger partial charge in [0, 0.05) is 13.6 Å². The summed E-state index contributed by atoms with van der Waals surface area (Å²) < 4.78 is 5.56. The molecule has 0 radical (unpaired) electrons. The van der Waals surface area contributed by atoms with Crippen LogP contribution in [-0.2, 0) is 4.79 Å². The summed E-state index contributed by atoms with van der Waals surface area (Å²) in [6, 6.07) is 5.97. The number of aryl methyl sites for hydroxylation is 2. The Balaban J connectivity index is 2.49. The number of amides is 1. The average molecular weight is 250 g/mol. The summed E-state index contributed by atoms with van der Waals surface area (Å²) >= 11 is 0. The molecule has 0 aromatic heterocycles. The van der Waals surface area contributed by atoms with Gasteiger partial charge in [0.25, 0.3) is 5.91 Å². The topological polar surface area (TPSA) is 55.6 Å². The molecule has 0 aliphatic heterocycles. The lowest BCUT2D eigenvalue weighted by molar-refractivity contribution is -0.132. The molecule has 4 nitrogen and oxygen atoms in total. The Labute approximate surface area is 109 Å². The van der Waals surface area contributed by atoms with Crippen molar-refractivity contribution >= 4 is 5.91 Å². The SMILES string of the molecule is Cc1ccc(C)c(OCC(=O)N(C)CCCN)c1. The van der Waals surface area contributed by atoms with Gasteiger partial charge in [-0.3, -0.25) is 4.79 Å². The molecule has 0 heterocycles. The fraction of sp³-hybridized carbons (Fsp3) is 0.500. The number of carbonyl (C=O) groups is 1. The van der Waals surface area contributed by atoms with E-state index in [1.807, 2.05) is 32.0 Å². The van der Waals surface area contributed by atoms with Gasteiger partial charge in [-0.1, -0.05) is 12.1 Å². The van der Waals surface area contributed by atoms with Gasteiger partial charge in [-0.25, -0.2) is 0 Å². The van der Waals surface area contributed by atoms with Crippen molar-refractivity contribution in [1.82, 2.24) is 4.90 Å². The Hall–Kier alpha value is -1.55. The van der Waals surface area contributed by atoms with Crippen LogP contribution >= 0.6 is 0 Å². The maximum absolute atomic E-state index is 11.8. The van der Waals surface area contributed by atoms with Crippen molar-refractivity contribution in [2.45, 2.75) is 20.3 Å². The van der Waals surface area contributed by atoms with Crippen molar-refractivity contribution in [3.63, 3.8) is 0 Å². The van der Waals surface area contributed by atoms with Gasteiger partial charge in [0.15, 0.2) is 6.61 Å². The summed E-state index contributed by atoms with van der Waals surface area (Å²) in [6.45, 7) is 5.31. The molecule has 0 aliphatic rings. The molecule has 1 aromatic rings. The Bertz CT molecular complexity index is 405. The minimum absolute atomic E-state index is 0.0237. The fourth-order valence-electron chi connectivity index (χ4n) is 1.57. The van der Waals surface area contributed by atoms with Gasteiger partial charge in [0.2, 0.25) is 0 Å². The third-order valence-electron chi connectivity index (χ3n) is 2.82. The monoisotopic (exact) mass is 250 g/mol. The van der Waals surface area contributed by atoms with Gasteiger partial charge in [-0.2, -0.15) is 0 Å². The second kappa shape index (κ2) is 7.01. The minimum Gasteiger partial charge on any atom is -0.483 e. The highest BCUT2D eigenvalue weighted by molar-refractivity contribution is 5.77. The molecule has 0 bridgehead atoms. The van der Waals surface area contributed by atoms with Crippen LogP contribution < -0.4 is 10.5 Å². The predicted octanol–water partition coefficient (Wildman–Crippen LogP) is 1.49. The van der Waals surface area contributed by atoms with E-state index in [1.54, 1.807) is 11.9 Å². The quantitative estimate of drug-likeness (QED) is 0.832. The molecule has 4 heteroatoms. The Morgan fingerprint density at radius 2 is 2.11 bits per heavy atom. The number of likely N-dealkylation sites (N-methyl/N-ethyl adjacent to an activating group) is 1. The number of hydrogen-bond donors (Lipinski definition) is 1. The molecule has 100 valence electrons. The highest BCUT2D eigenvalue weighted by Crippen LogP contribution is 2.18. The number of benzene rings is 1. The van der Waals surface area contributed by atoms with Crippen LogP contribution in [0.15, 0.2) is 18.2 Å². The van der Waals surface area contributed by atoms with Crippen LogP contribution in [0.3, 0.4) is 0 Å². The van der Waals surface area contributed by atoms with Crippen LogP contribution in [0, 0.1) is 13.8 Å². The highest BCUT2D eigenvalue weighted by atomic mass is 16.5. The van der Waals surface area contributed by atoms with Gasteiger partial charge in [0.1, 0.15) is 5.75 Å². The van der Waals surface area contributed by atoms with Crippen LogP contribution in [0.5, 0.6) is 5.75 Å². The van der Waals surface area contributed by atoms with Gasteiger partial charge < -0.3 is 15.4 Å². The summed E-state index contributed by atoms with van der Waals surface area (Å²) in [4.78, 5) is 13.4. The maximum Gasteiger partial charge on any atom is 0.260 e. The maximum atomic E-state index is 11.8. The molecule has 0 unspecified atom stereocenters. The highest BCUT2D eigenvalue weighted by Gasteiger charge is 2.09. The molecule has 0 atom stereocenters. The van der Waals surface area contributed by atoms with E-state index in [2.05, 4.69) is 0 Å². The Morgan fingerprint density at radius 1 is 1.39 bits per heavy atom. The third-order valence-corrected chi connectivity index (χ3v) is 2.82. The Morgan fingerprint density at radius 3 is 2.78 bits per heavy atom. The molecule has 0 saturated heterocycles. The largest absolute Gasteiger partial charge is 0.483 e. The molecule has 0 spiro atoms. The summed E-state index contributed by atoms with van der Waals surface area (Å²) in [5.74, 6) is 0.750. The van der Waals surface area contributed by atoms with E-state index < -0.39 is 0 Å². The lowest BCUT2D eigenvalue weighted by Gasteiger charge is -2.17. The predicted molar refractivity (Wildman–Crippen MR) is 72.7 cm³/mol. The zero-order valence-electron chi connectivity index (χ0n) is 11.4. The summed E-state index contributed by atoms with van der Waals surface area (Å²) in [7, 11) is 1.77. The van der Waals surface area contributed by atoms with Gasteiger partial charge in [-0.05, 0) is 44.0 Å². The normalized spacial score (nSPS) is 10.2. The van der Waals surface area contributed by atoms with Crippen molar-refractivity contribution in [3.8, 4) is 5.75 Å². The van der Waals surface area contributed by atoms with Crippen LogP contribution in [-0.4, -0.2) is 37.6 Å². The number of ether oxygens (including phenoxy) is 1. The number of rotatable bonds is 6. The zero-order chi connectivity index (χ0) is 13.5. The van der Waals surface area contributed by atoms with E-state index in [0.29, 0.717) is 13.1 Å². The number of nitrogens with zero attached hydrogens (tertiary/aromatic N) is 1. The first-order valence-corrected chi connectivity index (χ1v) is 6.18. The molecule has 1 aromatic carbocycles. The second-order valence-corrected chi connectivity index (χ2v) is 4.52. The van der Waals surface area contributed by atoms with E-state index >= 15 is 0 Å².